The van der Waals surface area contributed by atoms with Crippen molar-refractivity contribution in [2.24, 2.45) is 0 Å². The second kappa shape index (κ2) is 12.6. The highest BCUT2D eigenvalue weighted by atomic mass is 32.2. The zero-order valence-electron chi connectivity index (χ0n) is 22.9. The van der Waals surface area contributed by atoms with Crippen LogP contribution in [0.3, 0.4) is 0 Å². The van der Waals surface area contributed by atoms with Gasteiger partial charge in [-0.2, -0.15) is 23.1 Å². The number of nitrogens with zero attached hydrogens (tertiary/aromatic N) is 3. The molecule has 0 radical (unpaired) electrons. The minimum atomic E-state index is -4.42. The van der Waals surface area contributed by atoms with Gasteiger partial charge in [-0.1, -0.05) is 18.2 Å². The van der Waals surface area contributed by atoms with Crippen molar-refractivity contribution in [1.82, 2.24) is 14.9 Å². The van der Waals surface area contributed by atoms with E-state index in [0.717, 1.165) is 25.9 Å². The third kappa shape index (κ3) is 7.50. The Bertz CT molecular complexity index is 1470. The smallest absolute Gasteiger partial charge is 0.367 e. The van der Waals surface area contributed by atoms with Crippen LogP contribution in [0.1, 0.15) is 48.9 Å². The molecule has 5 rings (SSSR count). The van der Waals surface area contributed by atoms with Gasteiger partial charge < -0.3 is 20.9 Å². The number of hydrogen-bond donors (Lipinski definition) is 3. The predicted octanol–water partition coefficient (Wildman–Crippen LogP) is 5.63. The predicted molar refractivity (Wildman–Crippen MR) is 155 cm³/mol. The van der Waals surface area contributed by atoms with Gasteiger partial charge in [0.25, 0.3) is 5.91 Å². The third-order valence-electron chi connectivity index (χ3n) is 7.51. The second-order valence-electron chi connectivity index (χ2n) is 10.6. The van der Waals surface area contributed by atoms with Gasteiger partial charge in [0.1, 0.15) is 18.2 Å². The normalized spacial score (nSPS) is 19.4. The first kappa shape index (κ1) is 29.6. The van der Waals surface area contributed by atoms with Gasteiger partial charge in [-0.3, -0.25) is 4.79 Å². The van der Waals surface area contributed by atoms with E-state index < -0.39 is 27.8 Å². The first-order valence-electron chi connectivity index (χ1n) is 14.0. The zero-order valence-corrected chi connectivity index (χ0v) is 23.7. The van der Waals surface area contributed by atoms with Crippen LogP contribution in [-0.2, 0) is 9.84 Å². The van der Waals surface area contributed by atoms with E-state index in [1.165, 1.54) is 18.2 Å². The Balaban J connectivity index is 1.22. The Morgan fingerprint density at radius 3 is 2.19 bits per heavy atom. The van der Waals surface area contributed by atoms with Crippen LogP contribution in [-0.4, -0.2) is 66.3 Å². The Morgan fingerprint density at radius 2 is 1.55 bits per heavy atom. The van der Waals surface area contributed by atoms with Crippen molar-refractivity contribution in [2.75, 3.05) is 35.6 Å². The number of aromatic nitrogens is 2. The highest BCUT2D eigenvalue weighted by Crippen LogP contribution is 2.31. The van der Waals surface area contributed by atoms with E-state index in [-0.39, 0.29) is 28.6 Å². The van der Waals surface area contributed by atoms with Gasteiger partial charge in [0, 0.05) is 36.4 Å². The highest BCUT2D eigenvalue weighted by Gasteiger charge is 2.33. The molecule has 42 heavy (non-hydrogen) atoms. The van der Waals surface area contributed by atoms with Crippen molar-refractivity contribution < 1.29 is 26.4 Å². The number of rotatable bonds is 9. The number of sulfone groups is 1. The molecule has 2 aromatic carbocycles. The summed E-state index contributed by atoms with van der Waals surface area (Å²) in [7, 11) is -3.59. The fraction of sp³-hybridized carbons (Fsp3) is 0.414. The lowest BCUT2D eigenvalue weighted by Gasteiger charge is -2.29. The van der Waals surface area contributed by atoms with Gasteiger partial charge in [-0.25, -0.2) is 8.42 Å². The standard InChI is InChI=1S/C29H33F3N6O3S/c30-29(31,32)19-33-25-18-26(37-28(36-25)35-21-6-2-1-3-7-21)34-22-10-14-24(15-11-22)42(40,41)23-12-8-20(9-13-23)27(39)38-16-4-5-17-38/h1-3,6-9,12-13,18,22,24H,4-5,10-11,14-17,19H2,(H3,33,34,35,36,37). The maximum atomic E-state index is 13.4. The van der Waals surface area contributed by atoms with Gasteiger partial charge in [-0.05, 0) is 74.9 Å². The summed E-state index contributed by atoms with van der Waals surface area (Å²) >= 11 is 0. The van der Waals surface area contributed by atoms with Crippen LogP contribution in [0.4, 0.5) is 36.4 Å². The minimum Gasteiger partial charge on any atom is -0.367 e. The summed E-state index contributed by atoms with van der Waals surface area (Å²) in [4.78, 5) is 23.2. The lowest BCUT2D eigenvalue weighted by atomic mass is 9.95. The molecule has 1 amide bonds. The molecule has 1 saturated carbocycles. The molecule has 3 N–H and O–H groups in total. The molecule has 0 unspecified atom stereocenters. The number of amides is 1. The third-order valence-corrected chi connectivity index (χ3v) is 9.79. The molecule has 0 spiro atoms. The average molecular weight is 603 g/mol. The topological polar surface area (TPSA) is 116 Å². The van der Waals surface area contributed by atoms with E-state index in [2.05, 4.69) is 25.9 Å². The van der Waals surface area contributed by atoms with Gasteiger partial charge in [0.2, 0.25) is 5.95 Å². The molecule has 1 aliphatic carbocycles. The Morgan fingerprint density at radius 1 is 0.905 bits per heavy atom. The van der Waals surface area contributed by atoms with Crippen molar-refractivity contribution in [2.45, 2.75) is 60.9 Å². The molecule has 0 atom stereocenters. The molecule has 2 fully saturated rings. The van der Waals surface area contributed by atoms with Gasteiger partial charge in [0.15, 0.2) is 9.84 Å². The van der Waals surface area contributed by atoms with E-state index in [4.69, 9.17) is 0 Å². The van der Waals surface area contributed by atoms with Crippen molar-refractivity contribution in [3.05, 3.63) is 66.2 Å². The van der Waals surface area contributed by atoms with Crippen LogP contribution in [0.5, 0.6) is 0 Å². The maximum absolute atomic E-state index is 13.4. The van der Waals surface area contributed by atoms with E-state index in [1.807, 2.05) is 18.2 Å². The highest BCUT2D eigenvalue weighted by molar-refractivity contribution is 7.92. The molecule has 1 aromatic heterocycles. The van der Waals surface area contributed by atoms with Gasteiger partial charge >= 0.3 is 6.18 Å². The van der Waals surface area contributed by atoms with Crippen molar-refractivity contribution in [1.29, 1.82) is 0 Å². The fourth-order valence-electron chi connectivity index (χ4n) is 5.32. The molecule has 13 heteroatoms. The Kier molecular flexibility index (Phi) is 8.85. The molecule has 0 bridgehead atoms. The summed E-state index contributed by atoms with van der Waals surface area (Å²) in [5.74, 6) is 0.384. The largest absolute Gasteiger partial charge is 0.405 e. The number of para-hydroxylation sites is 1. The van der Waals surface area contributed by atoms with Gasteiger partial charge in [-0.15, -0.1) is 0 Å². The molecular weight excluding hydrogens is 569 g/mol. The molecule has 2 aliphatic rings. The first-order valence-corrected chi connectivity index (χ1v) is 15.5. The minimum absolute atomic E-state index is 0.00572. The van der Waals surface area contributed by atoms with E-state index >= 15 is 0 Å². The monoisotopic (exact) mass is 602 g/mol. The van der Waals surface area contributed by atoms with Crippen LogP contribution in [0.25, 0.3) is 0 Å². The Hall–Kier alpha value is -3.87. The molecule has 3 aromatic rings. The fourth-order valence-corrected chi connectivity index (χ4v) is 7.11. The number of halogens is 3. The number of anilines is 4. The van der Waals surface area contributed by atoms with Crippen LogP contribution in [0.2, 0.25) is 0 Å². The van der Waals surface area contributed by atoms with Crippen molar-refractivity contribution in [3.63, 3.8) is 0 Å². The van der Waals surface area contributed by atoms with Crippen molar-refractivity contribution in [3.8, 4) is 0 Å². The number of alkyl halides is 3. The van der Waals surface area contributed by atoms with Crippen LogP contribution < -0.4 is 16.0 Å². The zero-order chi connectivity index (χ0) is 29.7. The summed E-state index contributed by atoms with van der Waals surface area (Å²) in [5, 5.41) is 7.99. The quantitative estimate of drug-likeness (QED) is 0.289. The van der Waals surface area contributed by atoms with Gasteiger partial charge in [0.05, 0.1) is 10.1 Å². The summed E-state index contributed by atoms with van der Waals surface area (Å²) in [6.07, 6.45) is -0.567. The van der Waals surface area contributed by atoms with E-state index in [9.17, 15) is 26.4 Å². The average Bonchev–Trinajstić information content (AvgIpc) is 3.52. The van der Waals surface area contributed by atoms with Crippen LogP contribution in [0, 0.1) is 0 Å². The molecule has 1 aliphatic heterocycles. The number of carbonyl (C=O) groups excluding carboxylic acids is 1. The molecule has 224 valence electrons. The Labute approximate surface area is 242 Å². The van der Waals surface area contributed by atoms with Crippen LogP contribution in [0.15, 0.2) is 65.6 Å². The first-order chi connectivity index (χ1) is 20.1. The maximum Gasteiger partial charge on any atom is 0.405 e. The molecular formula is C29H33F3N6O3S. The number of carbonyl (C=O) groups is 1. The number of hydrogen-bond acceptors (Lipinski definition) is 8. The van der Waals surface area contributed by atoms with Crippen LogP contribution >= 0.6 is 0 Å². The lowest BCUT2D eigenvalue weighted by molar-refractivity contribution is -0.115. The second-order valence-corrected chi connectivity index (χ2v) is 12.8. The van der Waals surface area contributed by atoms with Crippen molar-refractivity contribution >= 4 is 39.0 Å². The number of benzene rings is 2. The molecule has 9 nitrogen and oxygen atoms in total. The lowest BCUT2D eigenvalue weighted by Crippen LogP contribution is -2.33. The summed E-state index contributed by atoms with van der Waals surface area (Å²) in [6.45, 7) is 0.202. The van der Waals surface area contributed by atoms with E-state index in [1.54, 1.807) is 29.2 Å². The SMILES string of the molecule is O=C(c1ccc(S(=O)(=O)C2CCC(Nc3cc(NCC(F)(F)F)nc(Nc4ccccc4)n3)CC2)cc1)N1CCCC1. The number of nitrogens with one attached hydrogen (secondary N) is 3. The number of likely N-dealkylation sites (tertiary alicyclic amines) is 1. The molecule has 2 heterocycles. The summed E-state index contributed by atoms with van der Waals surface area (Å²) in [5.41, 5.74) is 1.16. The summed E-state index contributed by atoms with van der Waals surface area (Å²) in [6, 6.07) is 16.5. The summed E-state index contributed by atoms with van der Waals surface area (Å²) < 4.78 is 65.2. The molecule has 1 saturated heterocycles. The van der Waals surface area contributed by atoms with E-state index in [0.29, 0.717) is 42.8 Å².